The van der Waals surface area contributed by atoms with Gasteiger partial charge in [0.05, 0.1) is 28.6 Å². The summed E-state index contributed by atoms with van der Waals surface area (Å²) in [5, 5.41) is 41.6. The van der Waals surface area contributed by atoms with Crippen LogP contribution in [0.2, 0.25) is 5.02 Å². The van der Waals surface area contributed by atoms with Crippen molar-refractivity contribution in [3.63, 3.8) is 0 Å². The number of phenolic OH excluding ortho intramolecular Hbond substituents is 2. The lowest BCUT2D eigenvalue weighted by Crippen LogP contribution is -2.63. The molecule has 0 aliphatic carbocycles. The third-order valence-electron chi connectivity index (χ3n) is 6.86. The number of carboxylic acids is 1. The van der Waals surface area contributed by atoms with Crippen LogP contribution in [-0.4, -0.2) is 85.8 Å². The molecule has 5 N–H and O–H groups in total. The van der Waals surface area contributed by atoms with E-state index in [1.807, 2.05) is 11.8 Å². The van der Waals surface area contributed by atoms with Gasteiger partial charge in [-0.25, -0.2) is 4.79 Å². The number of carboxylic acid groups (broad SMARTS) is 1. The van der Waals surface area contributed by atoms with E-state index < -0.39 is 35.4 Å². The fourth-order valence-electron chi connectivity index (χ4n) is 5.18. The van der Waals surface area contributed by atoms with Gasteiger partial charge in [0.1, 0.15) is 5.70 Å². The van der Waals surface area contributed by atoms with Crippen LogP contribution in [0.25, 0.3) is 0 Å². The Morgan fingerprint density at radius 3 is 2.64 bits per heavy atom. The number of rotatable bonds is 6. The highest BCUT2D eigenvalue weighted by atomic mass is 35.5. The lowest BCUT2D eigenvalue weighted by molar-refractivity contribution is -0.163. The number of nitrogens with one attached hydrogen (secondary N) is 1. The van der Waals surface area contributed by atoms with Crippen molar-refractivity contribution in [1.82, 2.24) is 15.1 Å². The monoisotopic (exact) mass is 479 g/mol. The van der Waals surface area contributed by atoms with Crippen molar-refractivity contribution in [3.8, 4) is 11.5 Å². The summed E-state index contributed by atoms with van der Waals surface area (Å²) in [6.45, 7) is 4.83. The molecule has 1 aromatic carbocycles. The van der Waals surface area contributed by atoms with Gasteiger partial charge < -0.3 is 30.6 Å². The van der Waals surface area contributed by atoms with Gasteiger partial charge in [-0.3, -0.25) is 14.5 Å². The van der Waals surface area contributed by atoms with E-state index in [-0.39, 0.29) is 40.2 Å². The van der Waals surface area contributed by atoms with Gasteiger partial charge in [0, 0.05) is 31.6 Å². The van der Waals surface area contributed by atoms with E-state index in [9.17, 15) is 34.8 Å². The van der Waals surface area contributed by atoms with E-state index in [1.54, 1.807) is 6.92 Å². The van der Waals surface area contributed by atoms with Gasteiger partial charge in [0.2, 0.25) is 5.91 Å². The number of nitrogens with zero attached hydrogens (tertiary/aromatic N) is 2. The van der Waals surface area contributed by atoms with Crippen molar-refractivity contribution in [2.24, 2.45) is 11.8 Å². The first-order valence-corrected chi connectivity index (χ1v) is 11.1. The van der Waals surface area contributed by atoms with Crippen LogP contribution in [0, 0.1) is 11.8 Å². The van der Waals surface area contributed by atoms with Crippen LogP contribution in [-0.2, 0) is 9.59 Å². The van der Waals surface area contributed by atoms with Crippen LogP contribution >= 0.6 is 11.6 Å². The molecule has 3 aliphatic rings. The molecule has 2 saturated heterocycles. The van der Waals surface area contributed by atoms with Crippen LogP contribution in [0.5, 0.6) is 11.5 Å². The fraction of sp³-hybridized carbons (Fsp3) is 0.500. The molecule has 4 rings (SSSR count). The van der Waals surface area contributed by atoms with Gasteiger partial charge in [-0.2, -0.15) is 0 Å². The second-order valence-electron chi connectivity index (χ2n) is 8.92. The number of β-lactam (4-membered cyclic amide) rings is 1. The molecule has 11 heteroatoms. The highest BCUT2D eigenvalue weighted by molar-refractivity contribution is 6.35. The zero-order chi connectivity index (χ0) is 24.2. The molecule has 178 valence electrons. The van der Waals surface area contributed by atoms with E-state index in [0.29, 0.717) is 31.6 Å². The molecule has 0 aromatic heterocycles. The Labute approximate surface area is 195 Å². The molecule has 1 aromatic rings. The Morgan fingerprint density at radius 1 is 1.30 bits per heavy atom. The van der Waals surface area contributed by atoms with Crippen LogP contribution in [0.3, 0.4) is 0 Å². The number of hydrogen-bond donors (Lipinski definition) is 5. The Morgan fingerprint density at radius 2 is 2.00 bits per heavy atom. The van der Waals surface area contributed by atoms with Crippen molar-refractivity contribution < 1.29 is 34.8 Å². The van der Waals surface area contributed by atoms with Crippen molar-refractivity contribution in [3.05, 3.63) is 34.0 Å². The molecule has 3 heterocycles. The van der Waals surface area contributed by atoms with E-state index in [2.05, 4.69) is 5.32 Å². The number of carbonyl (C=O) groups is 3. The maximum absolute atomic E-state index is 12.6. The summed E-state index contributed by atoms with van der Waals surface area (Å²) in [4.78, 5) is 40.3. The van der Waals surface area contributed by atoms with Crippen LogP contribution in [0.4, 0.5) is 0 Å². The number of amides is 2. The van der Waals surface area contributed by atoms with E-state index in [0.717, 1.165) is 0 Å². The van der Waals surface area contributed by atoms with Gasteiger partial charge in [-0.1, -0.05) is 18.5 Å². The topological polar surface area (TPSA) is 151 Å². The summed E-state index contributed by atoms with van der Waals surface area (Å²) in [7, 11) is 0. The summed E-state index contributed by atoms with van der Waals surface area (Å²) in [5.74, 6) is -3.81. The number of aliphatic hydroxyl groups is 1. The number of aliphatic carboxylic acids is 1. The molecule has 3 aliphatic heterocycles. The van der Waals surface area contributed by atoms with Crippen molar-refractivity contribution in [1.29, 1.82) is 0 Å². The first kappa shape index (κ1) is 23.3. The number of aliphatic hydroxyl groups excluding tert-OH is 1. The third-order valence-corrected chi connectivity index (χ3v) is 7.24. The minimum absolute atomic E-state index is 0.00626. The van der Waals surface area contributed by atoms with Gasteiger partial charge in [-0.15, -0.1) is 0 Å². The zero-order valence-corrected chi connectivity index (χ0v) is 18.9. The SMILES string of the molecule is CC(O)C1C(=O)N2C(C(=O)O)=C(CN3CC[C@H](NC(=O)c4ccc(O)c(O)c4Cl)C3)C(C)[C@H]12. The molecule has 5 atom stereocenters. The van der Waals surface area contributed by atoms with Crippen LogP contribution in [0.1, 0.15) is 30.6 Å². The molecular formula is C22H26ClN3O7. The summed E-state index contributed by atoms with van der Waals surface area (Å²) in [6.07, 6.45) is -0.229. The molecule has 3 unspecified atom stereocenters. The molecule has 2 fully saturated rings. The molecule has 0 saturated carbocycles. The molecule has 0 radical (unpaired) electrons. The molecule has 2 amide bonds. The smallest absolute Gasteiger partial charge is 0.352 e. The number of aromatic hydroxyl groups is 2. The largest absolute Gasteiger partial charge is 0.504 e. The predicted molar refractivity (Wildman–Crippen MR) is 117 cm³/mol. The number of likely N-dealkylation sites (tertiary alicyclic amines) is 1. The van der Waals surface area contributed by atoms with Crippen LogP contribution < -0.4 is 5.32 Å². The number of carbonyl (C=O) groups excluding carboxylic acids is 2. The third kappa shape index (κ3) is 3.81. The lowest BCUT2D eigenvalue weighted by atomic mass is 9.77. The Bertz CT molecular complexity index is 1060. The number of benzene rings is 1. The normalized spacial score (nSPS) is 28.0. The number of hydrogen-bond acceptors (Lipinski definition) is 7. The van der Waals surface area contributed by atoms with E-state index >= 15 is 0 Å². The Balaban J connectivity index is 1.44. The second kappa shape index (κ2) is 8.51. The zero-order valence-electron chi connectivity index (χ0n) is 18.2. The maximum Gasteiger partial charge on any atom is 0.352 e. The Kier molecular flexibility index (Phi) is 6.02. The van der Waals surface area contributed by atoms with Crippen molar-refractivity contribution >= 4 is 29.4 Å². The number of phenols is 2. The van der Waals surface area contributed by atoms with Crippen molar-refractivity contribution in [2.45, 2.75) is 38.5 Å². The van der Waals surface area contributed by atoms with Crippen molar-refractivity contribution in [2.75, 3.05) is 19.6 Å². The number of halogens is 1. The van der Waals surface area contributed by atoms with E-state index in [4.69, 9.17) is 11.6 Å². The minimum Gasteiger partial charge on any atom is -0.504 e. The summed E-state index contributed by atoms with van der Waals surface area (Å²) in [5.41, 5.74) is 0.675. The predicted octanol–water partition coefficient (Wildman–Crippen LogP) is 0.752. The molecule has 33 heavy (non-hydrogen) atoms. The fourth-order valence-corrected chi connectivity index (χ4v) is 5.43. The van der Waals surface area contributed by atoms with Crippen LogP contribution in [0.15, 0.2) is 23.4 Å². The first-order chi connectivity index (χ1) is 15.5. The van der Waals surface area contributed by atoms with Gasteiger partial charge in [-0.05, 0) is 31.1 Å². The molecule has 0 spiro atoms. The van der Waals surface area contributed by atoms with Gasteiger partial charge in [0.15, 0.2) is 11.5 Å². The summed E-state index contributed by atoms with van der Waals surface area (Å²) in [6, 6.07) is 1.92. The standard InChI is InChI=1S/C22H26ClN3O7/c1-9-13(18(22(32)33)26-17(9)15(10(2)27)21(26)31)8-25-6-5-11(7-25)24-20(30)12-3-4-14(28)19(29)16(12)23/h3-4,9-11,15,17,27-29H,5-8H2,1-2H3,(H,24,30)(H,32,33)/t9?,10?,11-,15?,17+/m0/s1. The molecule has 10 nitrogen and oxygen atoms in total. The second-order valence-corrected chi connectivity index (χ2v) is 9.30. The summed E-state index contributed by atoms with van der Waals surface area (Å²) >= 11 is 5.97. The first-order valence-electron chi connectivity index (χ1n) is 10.7. The average Bonchev–Trinajstić information content (AvgIpc) is 3.27. The molecule has 0 bridgehead atoms. The summed E-state index contributed by atoms with van der Waals surface area (Å²) < 4.78 is 0. The Hall–Kier alpha value is -2.82. The van der Waals surface area contributed by atoms with Gasteiger partial charge >= 0.3 is 5.97 Å². The highest BCUT2D eigenvalue weighted by Gasteiger charge is 2.59. The maximum atomic E-state index is 12.6. The van der Waals surface area contributed by atoms with Gasteiger partial charge in [0.25, 0.3) is 5.91 Å². The quantitative estimate of drug-likeness (QED) is 0.296. The molecular weight excluding hydrogens is 454 g/mol. The highest BCUT2D eigenvalue weighted by Crippen LogP contribution is 2.47. The average molecular weight is 480 g/mol. The lowest BCUT2D eigenvalue weighted by Gasteiger charge is -2.46. The minimum atomic E-state index is -1.16. The van der Waals surface area contributed by atoms with E-state index in [1.165, 1.54) is 17.0 Å². The number of fused-ring (bicyclic) bond motifs is 1.